The second-order valence-corrected chi connectivity index (χ2v) is 8.26. The van der Waals surface area contributed by atoms with Crippen molar-refractivity contribution < 1.29 is 22.3 Å². The fourth-order valence-electron chi connectivity index (χ4n) is 3.03. The molecule has 1 aliphatic rings. The first-order chi connectivity index (χ1) is 12.9. The zero-order valence-electron chi connectivity index (χ0n) is 15.0. The molecule has 0 unspecified atom stereocenters. The van der Waals surface area contributed by atoms with E-state index in [1.807, 2.05) is 12.1 Å². The molecule has 6 nitrogen and oxygen atoms in total. The number of halogens is 1. The molecule has 8 heteroatoms. The molecule has 1 fully saturated rings. The van der Waals surface area contributed by atoms with Gasteiger partial charge in [-0.05, 0) is 35.9 Å². The summed E-state index contributed by atoms with van der Waals surface area (Å²) in [4.78, 5) is 13.6. The van der Waals surface area contributed by atoms with E-state index in [9.17, 15) is 17.6 Å². The van der Waals surface area contributed by atoms with Crippen LogP contribution in [0.2, 0.25) is 0 Å². The zero-order chi connectivity index (χ0) is 19.4. The van der Waals surface area contributed by atoms with Gasteiger partial charge in [0.15, 0.2) is 0 Å². The molecule has 0 aromatic heterocycles. The number of nitrogens with zero attached hydrogens (tertiary/aromatic N) is 2. The van der Waals surface area contributed by atoms with Gasteiger partial charge in [-0.15, -0.1) is 0 Å². The summed E-state index contributed by atoms with van der Waals surface area (Å²) in [5.74, 6) is -0.942. The van der Waals surface area contributed by atoms with Gasteiger partial charge in [0.05, 0.1) is 17.6 Å². The maximum Gasteiger partial charge on any atom is 0.337 e. The molecule has 1 heterocycles. The Labute approximate surface area is 158 Å². The minimum atomic E-state index is -3.68. The quantitative estimate of drug-likeness (QED) is 0.730. The van der Waals surface area contributed by atoms with Crippen molar-refractivity contribution >= 4 is 16.0 Å². The summed E-state index contributed by atoms with van der Waals surface area (Å²) >= 11 is 0. The van der Waals surface area contributed by atoms with Crippen molar-refractivity contribution in [2.75, 3.05) is 33.3 Å². The van der Waals surface area contributed by atoms with Gasteiger partial charge in [0.1, 0.15) is 5.82 Å². The highest BCUT2D eigenvalue weighted by Crippen LogP contribution is 2.19. The summed E-state index contributed by atoms with van der Waals surface area (Å²) in [6, 6.07) is 12.2. The van der Waals surface area contributed by atoms with Crippen molar-refractivity contribution in [1.82, 2.24) is 9.21 Å². The lowest BCUT2D eigenvalue weighted by molar-refractivity contribution is 0.0600. The van der Waals surface area contributed by atoms with Crippen molar-refractivity contribution in [3.8, 4) is 0 Å². The highest BCUT2D eigenvalue weighted by Gasteiger charge is 2.28. The van der Waals surface area contributed by atoms with E-state index >= 15 is 0 Å². The first-order valence-corrected chi connectivity index (χ1v) is 9.99. The van der Waals surface area contributed by atoms with Gasteiger partial charge in [0, 0.05) is 32.7 Å². The molecular formula is C19H21FN2O4S. The topological polar surface area (TPSA) is 66.9 Å². The normalized spacial score (nSPS) is 16.2. The Bertz CT molecular complexity index is 908. The number of rotatable bonds is 5. The number of sulfonamides is 1. The minimum Gasteiger partial charge on any atom is -0.465 e. The van der Waals surface area contributed by atoms with E-state index in [0.29, 0.717) is 38.3 Å². The van der Waals surface area contributed by atoms with Crippen LogP contribution in [0.5, 0.6) is 0 Å². The van der Waals surface area contributed by atoms with E-state index in [-0.39, 0.29) is 10.9 Å². The Morgan fingerprint density at radius 1 is 1.07 bits per heavy atom. The lowest BCUT2D eigenvalue weighted by atomic mass is 10.1. The number of piperazine rings is 1. The van der Waals surface area contributed by atoms with Crippen molar-refractivity contribution in [2.24, 2.45) is 0 Å². The predicted octanol–water partition coefficient (Wildman–Crippen LogP) is 2.12. The minimum absolute atomic E-state index is 0.0191. The third kappa shape index (κ3) is 4.52. The van der Waals surface area contributed by atoms with E-state index in [1.54, 1.807) is 12.1 Å². The SMILES string of the molecule is COC(=O)c1ccc(CN2CCN(S(=O)(=O)c3cccc(F)c3)CC2)cc1. The number of methoxy groups -OCH3 is 1. The van der Waals surface area contributed by atoms with Crippen LogP contribution in [0.4, 0.5) is 4.39 Å². The number of carbonyl (C=O) groups is 1. The molecule has 0 aliphatic carbocycles. The third-order valence-electron chi connectivity index (χ3n) is 4.55. The van der Waals surface area contributed by atoms with E-state index in [2.05, 4.69) is 9.64 Å². The molecule has 0 radical (unpaired) electrons. The van der Waals surface area contributed by atoms with Crippen molar-refractivity contribution in [3.05, 3.63) is 65.5 Å². The van der Waals surface area contributed by atoms with Crippen molar-refractivity contribution in [1.29, 1.82) is 0 Å². The van der Waals surface area contributed by atoms with Crippen LogP contribution in [0, 0.1) is 5.82 Å². The van der Waals surface area contributed by atoms with Gasteiger partial charge in [-0.1, -0.05) is 18.2 Å². The van der Waals surface area contributed by atoms with E-state index in [4.69, 9.17) is 0 Å². The monoisotopic (exact) mass is 392 g/mol. The number of benzene rings is 2. The third-order valence-corrected chi connectivity index (χ3v) is 6.44. The number of hydrogen-bond donors (Lipinski definition) is 0. The second-order valence-electron chi connectivity index (χ2n) is 6.33. The molecular weight excluding hydrogens is 371 g/mol. The molecule has 1 saturated heterocycles. The molecule has 27 heavy (non-hydrogen) atoms. The number of esters is 1. The summed E-state index contributed by atoms with van der Waals surface area (Å²) in [6.45, 7) is 2.51. The van der Waals surface area contributed by atoms with Crippen LogP contribution in [0.25, 0.3) is 0 Å². The molecule has 2 aromatic rings. The highest BCUT2D eigenvalue weighted by molar-refractivity contribution is 7.89. The molecule has 3 rings (SSSR count). The molecule has 0 N–H and O–H groups in total. The van der Waals surface area contributed by atoms with Crippen LogP contribution in [-0.2, 0) is 21.3 Å². The predicted molar refractivity (Wildman–Crippen MR) is 98.2 cm³/mol. The standard InChI is InChI=1S/C19H21FN2O4S/c1-26-19(23)16-7-5-15(6-8-16)14-21-9-11-22(12-10-21)27(24,25)18-4-2-3-17(20)13-18/h2-8,13H,9-12,14H2,1H3. The molecule has 0 amide bonds. The number of hydrogen-bond acceptors (Lipinski definition) is 5. The largest absolute Gasteiger partial charge is 0.465 e. The smallest absolute Gasteiger partial charge is 0.337 e. The van der Waals surface area contributed by atoms with Gasteiger partial charge in [0.2, 0.25) is 10.0 Å². The molecule has 0 atom stereocenters. The van der Waals surface area contributed by atoms with Crippen molar-refractivity contribution in [3.63, 3.8) is 0 Å². The van der Waals surface area contributed by atoms with Crippen LogP contribution in [0.3, 0.4) is 0 Å². The summed E-state index contributed by atoms with van der Waals surface area (Å²) in [5, 5.41) is 0. The van der Waals surface area contributed by atoms with Crippen LogP contribution in [0.15, 0.2) is 53.4 Å². The maximum atomic E-state index is 13.3. The fourth-order valence-corrected chi connectivity index (χ4v) is 4.48. The van der Waals surface area contributed by atoms with Crippen LogP contribution in [0.1, 0.15) is 15.9 Å². The van der Waals surface area contributed by atoms with Crippen LogP contribution >= 0.6 is 0 Å². The highest BCUT2D eigenvalue weighted by atomic mass is 32.2. The summed E-state index contributed by atoms with van der Waals surface area (Å²) in [6.07, 6.45) is 0. The first-order valence-electron chi connectivity index (χ1n) is 8.55. The number of ether oxygens (including phenoxy) is 1. The lowest BCUT2D eigenvalue weighted by Crippen LogP contribution is -2.48. The van der Waals surface area contributed by atoms with E-state index in [0.717, 1.165) is 11.6 Å². The molecule has 0 spiro atoms. The molecule has 0 bridgehead atoms. The summed E-state index contributed by atoms with van der Waals surface area (Å²) in [7, 11) is -2.34. The summed E-state index contributed by atoms with van der Waals surface area (Å²) < 4.78 is 44.7. The van der Waals surface area contributed by atoms with Gasteiger partial charge in [-0.3, -0.25) is 4.90 Å². The molecule has 2 aromatic carbocycles. The maximum absolute atomic E-state index is 13.3. The Morgan fingerprint density at radius 2 is 1.74 bits per heavy atom. The lowest BCUT2D eigenvalue weighted by Gasteiger charge is -2.34. The molecule has 0 saturated carbocycles. The van der Waals surface area contributed by atoms with Crippen LogP contribution < -0.4 is 0 Å². The van der Waals surface area contributed by atoms with Gasteiger partial charge in [0.25, 0.3) is 0 Å². The Kier molecular flexibility index (Phi) is 5.88. The van der Waals surface area contributed by atoms with E-state index in [1.165, 1.54) is 29.6 Å². The Balaban J connectivity index is 1.59. The number of carbonyl (C=O) groups excluding carboxylic acids is 1. The molecule has 144 valence electrons. The first kappa shape index (κ1) is 19.5. The van der Waals surface area contributed by atoms with Gasteiger partial charge in [-0.2, -0.15) is 4.31 Å². The van der Waals surface area contributed by atoms with Gasteiger partial charge < -0.3 is 4.74 Å². The van der Waals surface area contributed by atoms with E-state index < -0.39 is 15.8 Å². The second kappa shape index (κ2) is 8.16. The Hall–Kier alpha value is -2.29. The average Bonchev–Trinajstić information content (AvgIpc) is 2.68. The Morgan fingerprint density at radius 3 is 2.33 bits per heavy atom. The fraction of sp³-hybridized carbons (Fsp3) is 0.316. The van der Waals surface area contributed by atoms with Crippen molar-refractivity contribution in [2.45, 2.75) is 11.4 Å². The summed E-state index contributed by atoms with van der Waals surface area (Å²) in [5.41, 5.74) is 1.52. The van der Waals surface area contributed by atoms with Gasteiger partial charge in [-0.25, -0.2) is 17.6 Å². The zero-order valence-corrected chi connectivity index (χ0v) is 15.8. The van der Waals surface area contributed by atoms with Gasteiger partial charge >= 0.3 is 5.97 Å². The van der Waals surface area contributed by atoms with Crippen LogP contribution in [-0.4, -0.2) is 56.9 Å². The average molecular weight is 392 g/mol. The molecule has 1 aliphatic heterocycles.